The molecule has 0 saturated heterocycles. The van der Waals surface area contributed by atoms with Crippen molar-refractivity contribution >= 4 is 5.78 Å². The molecule has 4 nitrogen and oxygen atoms in total. The van der Waals surface area contributed by atoms with Gasteiger partial charge in [-0.1, -0.05) is 6.07 Å². The zero-order valence-electron chi connectivity index (χ0n) is 12.2. The predicted octanol–water partition coefficient (Wildman–Crippen LogP) is 2.85. The Hall–Kier alpha value is -2.49. The lowest BCUT2D eigenvalue weighted by atomic mass is 9.83. The molecule has 1 aliphatic carbocycles. The van der Waals surface area contributed by atoms with Crippen LogP contribution in [0.15, 0.2) is 24.3 Å². The Bertz CT molecular complexity index is 747. The molecule has 2 aromatic rings. The van der Waals surface area contributed by atoms with Gasteiger partial charge in [0.1, 0.15) is 17.2 Å². The van der Waals surface area contributed by atoms with Crippen LogP contribution in [0, 0.1) is 6.92 Å². The summed E-state index contributed by atoms with van der Waals surface area (Å²) in [5, 5.41) is 10.1. The van der Waals surface area contributed by atoms with E-state index in [1.54, 1.807) is 19.2 Å². The lowest BCUT2D eigenvalue weighted by Gasteiger charge is -2.22. The maximum absolute atomic E-state index is 12.7. The topological polar surface area (TPSA) is 55.8 Å². The molecule has 0 fully saturated rings. The predicted molar refractivity (Wildman–Crippen MR) is 78.6 cm³/mol. The fraction of sp³-hybridized carbons (Fsp3) is 0.235. The van der Waals surface area contributed by atoms with Crippen LogP contribution in [0.3, 0.4) is 0 Å². The molecule has 0 amide bonds. The number of ketones is 1. The number of rotatable bonds is 2. The average Bonchev–Trinajstić information content (AvgIpc) is 2.44. The second-order valence-electron chi connectivity index (χ2n) is 5.19. The molecule has 1 N–H and O–H groups in total. The highest BCUT2D eigenvalue weighted by molar-refractivity contribution is 6.15. The Balaban J connectivity index is 2.25. The summed E-state index contributed by atoms with van der Waals surface area (Å²) in [4.78, 5) is 12.7. The van der Waals surface area contributed by atoms with Gasteiger partial charge >= 0.3 is 0 Å². The van der Waals surface area contributed by atoms with Crippen molar-refractivity contribution < 1.29 is 19.4 Å². The molecule has 0 aliphatic heterocycles. The van der Waals surface area contributed by atoms with Crippen molar-refractivity contribution in [2.24, 2.45) is 0 Å². The minimum Gasteiger partial charge on any atom is -0.507 e. The Morgan fingerprint density at radius 3 is 2.38 bits per heavy atom. The first-order valence-electron chi connectivity index (χ1n) is 6.67. The third kappa shape index (κ3) is 2.03. The average molecular weight is 284 g/mol. The molecule has 0 unspecified atom stereocenters. The Labute approximate surface area is 122 Å². The summed E-state index contributed by atoms with van der Waals surface area (Å²) < 4.78 is 10.6. The maximum atomic E-state index is 12.7. The van der Waals surface area contributed by atoms with Crippen LogP contribution in [0.4, 0.5) is 0 Å². The van der Waals surface area contributed by atoms with E-state index < -0.39 is 0 Å². The van der Waals surface area contributed by atoms with Gasteiger partial charge in [-0.15, -0.1) is 0 Å². The van der Waals surface area contributed by atoms with Gasteiger partial charge in [0, 0.05) is 6.07 Å². The highest BCUT2D eigenvalue weighted by Crippen LogP contribution is 2.39. The van der Waals surface area contributed by atoms with Crippen molar-refractivity contribution in [2.75, 3.05) is 14.2 Å². The van der Waals surface area contributed by atoms with Gasteiger partial charge in [0.25, 0.3) is 0 Å². The van der Waals surface area contributed by atoms with E-state index in [-0.39, 0.29) is 11.5 Å². The van der Waals surface area contributed by atoms with E-state index in [2.05, 4.69) is 0 Å². The quantitative estimate of drug-likeness (QED) is 0.786. The number of methoxy groups -OCH3 is 2. The van der Waals surface area contributed by atoms with Crippen LogP contribution < -0.4 is 9.47 Å². The molecule has 108 valence electrons. The van der Waals surface area contributed by atoms with Crippen LogP contribution in [0.1, 0.15) is 32.6 Å². The van der Waals surface area contributed by atoms with E-state index in [0.717, 1.165) is 16.7 Å². The zero-order chi connectivity index (χ0) is 15.1. The van der Waals surface area contributed by atoms with Gasteiger partial charge in [0.2, 0.25) is 5.78 Å². The van der Waals surface area contributed by atoms with Gasteiger partial charge in [-0.05, 0) is 42.2 Å². The number of aryl methyl sites for hydroxylation is 1. The number of carbonyl (C=O) groups excluding carboxylic acids is 1. The van der Waals surface area contributed by atoms with Gasteiger partial charge in [-0.3, -0.25) is 4.79 Å². The van der Waals surface area contributed by atoms with E-state index in [4.69, 9.17) is 9.47 Å². The lowest BCUT2D eigenvalue weighted by molar-refractivity contribution is 0.102. The molecular weight excluding hydrogens is 268 g/mol. The summed E-state index contributed by atoms with van der Waals surface area (Å²) in [5.74, 6) is 0.945. The van der Waals surface area contributed by atoms with Crippen LogP contribution in [0.25, 0.3) is 0 Å². The van der Waals surface area contributed by atoms with E-state index in [9.17, 15) is 9.90 Å². The van der Waals surface area contributed by atoms with Crippen LogP contribution in [-0.2, 0) is 6.42 Å². The normalized spacial score (nSPS) is 12.6. The highest BCUT2D eigenvalue weighted by atomic mass is 16.5. The van der Waals surface area contributed by atoms with Crippen LogP contribution in [0.5, 0.6) is 17.2 Å². The SMILES string of the molecule is COc1cc2c(c(OC)c1)C(=O)c1c(O)cc(C)cc1C2. The van der Waals surface area contributed by atoms with Gasteiger partial charge in [-0.2, -0.15) is 0 Å². The fourth-order valence-corrected chi connectivity index (χ4v) is 2.89. The second kappa shape index (κ2) is 4.81. The zero-order valence-corrected chi connectivity index (χ0v) is 12.2. The minimum absolute atomic E-state index is 0.0264. The molecule has 0 bridgehead atoms. The molecule has 0 spiro atoms. The molecule has 1 aliphatic rings. The number of hydrogen-bond acceptors (Lipinski definition) is 4. The second-order valence-corrected chi connectivity index (χ2v) is 5.19. The third-order valence-electron chi connectivity index (χ3n) is 3.79. The monoisotopic (exact) mass is 284 g/mol. The van der Waals surface area contributed by atoms with E-state index in [1.807, 2.05) is 19.1 Å². The molecule has 0 saturated carbocycles. The van der Waals surface area contributed by atoms with Gasteiger partial charge < -0.3 is 14.6 Å². The summed E-state index contributed by atoms with van der Waals surface area (Å²) in [5.41, 5.74) is 3.49. The van der Waals surface area contributed by atoms with Crippen LogP contribution in [-0.4, -0.2) is 25.1 Å². The van der Waals surface area contributed by atoms with E-state index >= 15 is 0 Å². The molecule has 21 heavy (non-hydrogen) atoms. The number of hydrogen-bond donors (Lipinski definition) is 1. The third-order valence-corrected chi connectivity index (χ3v) is 3.79. The largest absolute Gasteiger partial charge is 0.507 e. The first-order valence-corrected chi connectivity index (χ1v) is 6.67. The summed E-state index contributed by atoms with van der Waals surface area (Å²) in [6.45, 7) is 1.89. The fourth-order valence-electron chi connectivity index (χ4n) is 2.89. The molecule has 2 aromatic carbocycles. The molecule has 0 aromatic heterocycles. The highest BCUT2D eigenvalue weighted by Gasteiger charge is 2.30. The van der Waals surface area contributed by atoms with Gasteiger partial charge in [-0.25, -0.2) is 0 Å². The molecular formula is C17H16O4. The van der Waals surface area contributed by atoms with Gasteiger partial charge in [0.15, 0.2) is 0 Å². The number of benzene rings is 2. The minimum atomic E-state index is -0.205. The number of phenols is 1. The molecule has 0 radical (unpaired) electrons. The maximum Gasteiger partial charge on any atom is 0.201 e. The first kappa shape index (κ1) is 13.5. The summed E-state index contributed by atoms with van der Waals surface area (Å²) in [6.07, 6.45) is 0.569. The lowest BCUT2D eigenvalue weighted by Crippen LogP contribution is -2.17. The number of ether oxygens (including phenoxy) is 2. The summed E-state index contributed by atoms with van der Waals surface area (Å²) in [7, 11) is 3.10. The van der Waals surface area contributed by atoms with Crippen molar-refractivity contribution in [3.05, 3.63) is 52.1 Å². The number of fused-ring (bicyclic) bond motifs is 2. The van der Waals surface area contributed by atoms with Crippen molar-refractivity contribution in [2.45, 2.75) is 13.3 Å². The number of phenolic OH excluding ortho intramolecular Hbond substituents is 1. The molecule has 0 atom stereocenters. The summed E-state index contributed by atoms with van der Waals surface area (Å²) >= 11 is 0. The van der Waals surface area contributed by atoms with E-state index in [1.165, 1.54) is 7.11 Å². The molecule has 4 heteroatoms. The van der Waals surface area contributed by atoms with Crippen LogP contribution >= 0.6 is 0 Å². The number of carbonyl (C=O) groups is 1. The summed E-state index contributed by atoms with van der Waals surface area (Å²) in [6, 6.07) is 7.07. The molecule has 0 heterocycles. The van der Waals surface area contributed by atoms with Crippen molar-refractivity contribution in [1.82, 2.24) is 0 Å². The first-order chi connectivity index (χ1) is 10.0. The van der Waals surface area contributed by atoms with E-state index in [0.29, 0.717) is 29.0 Å². The van der Waals surface area contributed by atoms with Crippen molar-refractivity contribution in [3.63, 3.8) is 0 Å². The molecule has 3 rings (SSSR count). The Kier molecular flexibility index (Phi) is 3.09. The standard InChI is InChI=1S/C17H16O4/c1-9-4-10-6-11-7-12(20-2)8-14(21-3)16(11)17(19)15(10)13(18)5-9/h4-5,7-8,18H,6H2,1-3H3. The van der Waals surface area contributed by atoms with Crippen molar-refractivity contribution in [3.8, 4) is 17.2 Å². The van der Waals surface area contributed by atoms with Crippen LogP contribution in [0.2, 0.25) is 0 Å². The Morgan fingerprint density at radius 2 is 1.71 bits per heavy atom. The van der Waals surface area contributed by atoms with Gasteiger partial charge in [0.05, 0.1) is 25.3 Å². The smallest absolute Gasteiger partial charge is 0.201 e. The number of aromatic hydroxyl groups is 1. The van der Waals surface area contributed by atoms with Crippen molar-refractivity contribution in [1.29, 1.82) is 0 Å². The Morgan fingerprint density at radius 1 is 1.00 bits per heavy atom.